The van der Waals surface area contributed by atoms with Crippen molar-refractivity contribution in [3.8, 4) is 0 Å². The molecule has 2 aromatic rings. The topological polar surface area (TPSA) is 29.1 Å². The molecule has 122 valence electrons. The normalized spacial score (nSPS) is 13.4. The molecule has 2 nitrogen and oxygen atoms in total. The molecule has 0 heterocycles. The molecule has 0 aliphatic carbocycles. The number of benzene rings is 2. The maximum atomic E-state index is 13.3. The third-order valence-electron chi connectivity index (χ3n) is 3.30. The van der Waals surface area contributed by atoms with E-state index in [0.29, 0.717) is 10.6 Å². The van der Waals surface area contributed by atoms with Crippen LogP contribution >= 0.6 is 23.4 Å². The van der Waals surface area contributed by atoms with Crippen molar-refractivity contribution < 1.29 is 13.6 Å². The monoisotopic (exact) mass is 355 g/mol. The van der Waals surface area contributed by atoms with Crippen molar-refractivity contribution in [1.82, 2.24) is 5.32 Å². The first-order valence-electron chi connectivity index (χ1n) is 7.04. The van der Waals surface area contributed by atoms with Crippen LogP contribution in [0, 0.1) is 11.6 Å². The van der Waals surface area contributed by atoms with Crippen LogP contribution < -0.4 is 5.32 Å². The second kappa shape index (κ2) is 7.79. The minimum Gasteiger partial charge on any atom is -0.349 e. The average molecular weight is 356 g/mol. The Morgan fingerprint density at radius 1 is 1.09 bits per heavy atom. The Bertz CT molecular complexity index is 693. The SMILES string of the molecule is CC(Sc1ccc(Cl)cc1)C(=O)NC(C)c1ccc(F)c(F)c1. The summed E-state index contributed by atoms with van der Waals surface area (Å²) in [5.41, 5.74) is 0.515. The van der Waals surface area contributed by atoms with Crippen molar-refractivity contribution in [3.05, 3.63) is 64.7 Å². The lowest BCUT2D eigenvalue weighted by molar-refractivity contribution is -0.120. The third kappa shape index (κ3) is 4.94. The number of carbonyl (C=O) groups excluding carboxylic acids is 1. The van der Waals surface area contributed by atoms with E-state index in [4.69, 9.17) is 11.6 Å². The van der Waals surface area contributed by atoms with Crippen LogP contribution in [0.25, 0.3) is 0 Å². The molecule has 23 heavy (non-hydrogen) atoms. The first kappa shape index (κ1) is 17.8. The number of hydrogen-bond donors (Lipinski definition) is 1. The Morgan fingerprint density at radius 3 is 2.35 bits per heavy atom. The molecule has 2 unspecified atom stereocenters. The van der Waals surface area contributed by atoms with E-state index < -0.39 is 17.7 Å². The maximum Gasteiger partial charge on any atom is 0.233 e. The second-order valence-electron chi connectivity index (χ2n) is 5.12. The summed E-state index contributed by atoms with van der Waals surface area (Å²) in [6.45, 7) is 3.51. The van der Waals surface area contributed by atoms with Gasteiger partial charge in [-0.1, -0.05) is 17.7 Å². The van der Waals surface area contributed by atoms with Crippen LogP contribution in [-0.4, -0.2) is 11.2 Å². The molecule has 2 aromatic carbocycles. The molecule has 0 fully saturated rings. The van der Waals surface area contributed by atoms with Crippen LogP contribution in [0.2, 0.25) is 5.02 Å². The van der Waals surface area contributed by atoms with Gasteiger partial charge in [-0.25, -0.2) is 8.78 Å². The molecule has 0 radical (unpaired) electrons. The molecule has 0 saturated heterocycles. The standard InChI is InChI=1S/C17H16ClF2NOS/c1-10(12-3-8-15(19)16(20)9-12)21-17(22)11(2)23-14-6-4-13(18)5-7-14/h3-11H,1-2H3,(H,21,22). The van der Waals surface area contributed by atoms with Crippen molar-refractivity contribution in [2.24, 2.45) is 0 Å². The van der Waals surface area contributed by atoms with Gasteiger partial charge >= 0.3 is 0 Å². The zero-order valence-corrected chi connectivity index (χ0v) is 14.2. The van der Waals surface area contributed by atoms with Crippen LogP contribution in [0.4, 0.5) is 8.78 Å². The van der Waals surface area contributed by atoms with E-state index in [1.54, 1.807) is 26.0 Å². The molecular weight excluding hydrogens is 340 g/mol. The lowest BCUT2D eigenvalue weighted by Crippen LogP contribution is -2.33. The van der Waals surface area contributed by atoms with Gasteiger partial charge < -0.3 is 5.32 Å². The zero-order chi connectivity index (χ0) is 17.0. The number of nitrogens with one attached hydrogen (secondary N) is 1. The smallest absolute Gasteiger partial charge is 0.233 e. The number of halogens is 3. The largest absolute Gasteiger partial charge is 0.349 e. The number of hydrogen-bond acceptors (Lipinski definition) is 2. The highest BCUT2D eigenvalue weighted by Gasteiger charge is 2.18. The molecule has 1 N–H and O–H groups in total. The Morgan fingerprint density at radius 2 is 1.74 bits per heavy atom. The highest BCUT2D eigenvalue weighted by Crippen LogP contribution is 2.25. The van der Waals surface area contributed by atoms with Crippen LogP contribution in [0.1, 0.15) is 25.5 Å². The van der Waals surface area contributed by atoms with Crippen molar-refractivity contribution >= 4 is 29.3 Å². The molecule has 0 aromatic heterocycles. The first-order chi connectivity index (χ1) is 10.9. The van der Waals surface area contributed by atoms with E-state index >= 15 is 0 Å². The molecule has 2 atom stereocenters. The van der Waals surface area contributed by atoms with Crippen molar-refractivity contribution in [1.29, 1.82) is 0 Å². The first-order valence-corrected chi connectivity index (χ1v) is 8.30. The van der Waals surface area contributed by atoms with Crippen molar-refractivity contribution in [2.75, 3.05) is 0 Å². The third-order valence-corrected chi connectivity index (χ3v) is 4.66. The van der Waals surface area contributed by atoms with Gasteiger partial charge in [0.15, 0.2) is 11.6 Å². The van der Waals surface area contributed by atoms with Gasteiger partial charge in [-0.3, -0.25) is 4.79 Å². The molecule has 0 bridgehead atoms. The summed E-state index contributed by atoms with van der Waals surface area (Å²) < 4.78 is 26.2. The highest BCUT2D eigenvalue weighted by atomic mass is 35.5. The van der Waals surface area contributed by atoms with E-state index in [1.807, 2.05) is 12.1 Å². The van der Waals surface area contributed by atoms with Gasteiger partial charge in [-0.05, 0) is 55.8 Å². The van der Waals surface area contributed by atoms with Crippen molar-refractivity contribution in [2.45, 2.75) is 30.0 Å². The second-order valence-corrected chi connectivity index (χ2v) is 6.97. The van der Waals surface area contributed by atoms with E-state index in [2.05, 4.69) is 5.32 Å². The van der Waals surface area contributed by atoms with E-state index in [0.717, 1.165) is 17.0 Å². The maximum absolute atomic E-state index is 13.3. The summed E-state index contributed by atoms with van der Waals surface area (Å²) in [6, 6.07) is 10.4. The Hall–Kier alpha value is -1.59. The van der Waals surface area contributed by atoms with Gasteiger partial charge in [0.2, 0.25) is 5.91 Å². The minimum atomic E-state index is -0.924. The lowest BCUT2D eigenvalue weighted by atomic mass is 10.1. The molecule has 0 aliphatic heterocycles. The molecule has 1 amide bonds. The predicted molar refractivity (Wildman–Crippen MR) is 89.7 cm³/mol. The number of thioether (sulfide) groups is 1. The number of amides is 1. The average Bonchev–Trinajstić information content (AvgIpc) is 2.52. The summed E-state index contributed by atoms with van der Waals surface area (Å²) in [7, 11) is 0. The Kier molecular flexibility index (Phi) is 6.02. The molecule has 2 rings (SSSR count). The molecule has 6 heteroatoms. The summed E-state index contributed by atoms with van der Waals surface area (Å²) in [5.74, 6) is -2.01. The Balaban J connectivity index is 1.96. The molecular formula is C17H16ClF2NOS. The zero-order valence-electron chi connectivity index (χ0n) is 12.6. The van der Waals surface area contributed by atoms with Crippen LogP contribution in [0.3, 0.4) is 0 Å². The fourth-order valence-corrected chi connectivity index (χ4v) is 2.97. The van der Waals surface area contributed by atoms with E-state index in [-0.39, 0.29) is 11.2 Å². The van der Waals surface area contributed by atoms with Gasteiger partial charge in [0, 0.05) is 9.92 Å². The predicted octanol–water partition coefficient (Wildman–Crippen LogP) is 4.98. The van der Waals surface area contributed by atoms with E-state index in [1.165, 1.54) is 17.8 Å². The molecule has 0 spiro atoms. The fourth-order valence-electron chi connectivity index (χ4n) is 1.97. The summed E-state index contributed by atoms with van der Waals surface area (Å²) >= 11 is 7.22. The van der Waals surface area contributed by atoms with Crippen LogP contribution in [0.5, 0.6) is 0 Å². The minimum absolute atomic E-state index is 0.179. The highest BCUT2D eigenvalue weighted by molar-refractivity contribution is 8.00. The van der Waals surface area contributed by atoms with Gasteiger partial charge in [0.25, 0.3) is 0 Å². The summed E-state index contributed by atoms with van der Waals surface area (Å²) in [4.78, 5) is 13.2. The van der Waals surface area contributed by atoms with Gasteiger partial charge in [0.1, 0.15) is 0 Å². The number of carbonyl (C=O) groups is 1. The van der Waals surface area contributed by atoms with Crippen LogP contribution in [-0.2, 0) is 4.79 Å². The Labute approximate surface area is 143 Å². The van der Waals surface area contributed by atoms with E-state index in [9.17, 15) is 13.6 Å². The van der Waals surface area contributed by atoms with Crippen molar-refractivity contribution in [3.63, 3.8) is 0 Å². The quantitative estimate of drug-likeness (QED) is 0.767. The van der Waals surface area contributed by atoms with Crippen LogP contribution in [0.15, 0.2) is 47.4 Å². The number of rotatable bonds is 5. The summed E-state index contributed by atoms with van der Waals surface area (Å²) in [6.07, 6.45) is 0. The fraction of sp³-hybridized carbons (Fsp3) is 0.235. The molecule has 0 saturated carbocycles. The van der Waals surface area contributed by atoms with Gasteiger partial charge in [-0.2, -0.15) is 0 Å². The summed E-state index contributed by atoms with van der Waals surface area (Å²) in [5, 5.41) is 3.11. The van der Waals surface area contributed by atoms with Gasteiger partial charge in [0.05, 0.1) is 11.3 Å². The van der Waals surface area contributed by atoms with Gasteiger partial charge in [-0.15, -0.1) is 11.8 Å². The molecule has 0 aliphatic rings. The lowest BCUT2D eigenvalue weighted by Gasteiger charge is -2.18.